The summed E-state index contributed by atoms with van der Waals surface area (Å²) in [4.78, 5) is 0. The van der Waals surface area contributed by atoms with Gasteiger partial charge in [0.2, 0.25) is 0 Å². The van der Waals surface area contributed by atoms with E-state index in [1.54, 1.807) is 0 Å². The van der Waals surface area contributed by atoms with Gasteiger partial charge in [0.1, 0.15) is 0 Å². The lowest BCUT2D eigenvalue weighted by Crippen LogP contribution is -2.50. The molecule has 2 rings (SSSR count). The van der Waals surface area contributed by atoms with Crippen LogP contribution in [0.4, 0.5) is 0 Å². The van der Waals surface area contributed by atoms with E-state index >= 15 is 0 Å². The first-order valence-electron chi connectivity index (χ1n) is 7.80. The second kappa shape index (κ2) is 5.30. The van der Waals surface area contributed by atoms with Crippen LogP contribution in [0, 0.1) is 23.7 Å². The number of aliphatic hydroxyl groups is 1. The van der Waals surface area contributed by atoms with E-state index in [4.69, 9.17) is 0 Å². The molecule has 0 aromatic heterocycles. The number of hydrogen-bond donors (Lipinski definition) is 1. The van der Waals surface area contributed by atoms with Gasteiger partial charge in [-0.3, -0.25) is 0 Å². The van der Waals surface area contributed by atoms with E-state index in [2.05, 4.69) is 20.8 Å². The predicted octanol–water partition coefficient (Wildman–Crippen LogP) is 4.39. The molecule has 0 radical (unpaired) electrons. The molecule has 1 nitrogen and oxygen atoms in total. The molecule has 3 unspecified atom stereocenters. The molecule has 0 amide bonds. The lowest BCUT2D eigenvalue weighted by molar-refractivity contribution is -0.118. The molecule has 1 heteroatoms. The molecule has 2 aliphatic rings. The largest absolute Gasteiger partial charge is 0.389 e. The van der Waals surface area contributed by atoms with E-state index < -0.39 is 0 Å². The van der Waals surface area contributed by atoms with Crippen LogP contribution in [0.25, 0.3) is 0 Å². The van der Waals surface area contributed by atoms with E-state index in [-0.39, 0.29) is 5.60 Å². The lowest BCUT2D eigenvalue weighted by Gasteiger charge is -2.49. The topological polar surface area (TPSA) is 20.2 Å². The predicted molar refractivity (Wildman–Crippen MR) is 72.9 cm³/mol. The molecule has 17 heavy (non-hydrogen) atoms. The summed E-state index contributed by atoms with van der Waals surface area (Å²) in [5.74, 6) is 2.73. The highest BCUT2D eigenvalue weighted by Crippen LogP contribution is 2.47. The summed E-state index contributed by atoms with van der Waals surface area (Å²) in [5.41, 5.74) is -0.337. The van der Waals surface area contributed by atoms with Crippen molar-refractivity contribution in [3.05, 3.63) is 0 Å². The fourth-order valence-corrected chi connectivity index (χ4v) is 4.32. The number of rotatable bonds is 2. The average molecular weight is 238 g/mol. The van der Waals surface area contributed by atoms with Crippen molar-refractivity contribution in [3.63, 3.8) is 0 Å². The Morgan fingerprint density at radius 1 is 1.06 bits per heavy atom. The minimum Gasteiger partial charge on any atom is -0.389 e. The summed E-state index contributed by atoms with van der Waals surface area (Å²) in [6, 6.07) is 0. The van der Waals surface area contributed by atoms with Crippen LogP contribution in [0.2, 0.25) is 0 Å². The molecule has 3 atom stereocenters. The fourth-order valence-electron chi connectivity index (χ4n) is 4.32. The van der Waals surface area contributed by atoms with Crippen molar-refractivity contribution in [1.82, 2.24) is 0 Å². The third kappa shape index (κ3) is 2.54. The lowest BCUT2D eigenvalue weighted by atomic mass is 9.61. The van der Waals surface area contributed by atoms with Gasteiger partial charge in [0.05, 0.1) is 5.60 Å². The molecule has 2 saturated carbocycles. The second-order valence-corrected chi connectivity index (χ2v) is 6.78. The van der Waals surface area contributed by atoms with Crippen LogP contribution >= 0.6 is 0 Å². The van der Waals surface area contributed by atoms with Gasteiger partial charge in [0.15, 0.2) is 0 Å². The molecule has 0 saturated heterocycles. The van der Waals surface area contributed by atoms with Crippen molar-refractivity contribution < 1.29 is 5.11 Å². The molecule has 0 spiro atoms. The van der Waals surface area contributed by atoms with Crippen LogP contribution in [0.1, 0.15) is 72.1 Å². The quantitative estimate of drug-likeness (QED) is 0.756. The first kappa shape index (κ1) is 13.4. The highest BCUT2D eigenvalue weighted by molar-refractivity contribution is 4.97. The van der Waals surface area contributed by atoms with E-state index in [1.807, 2.05) is 0 Å². The minimum absolute atomic E-state index is 0.337. The molecule has 2 fully saturated rings. The van der Waals surface area contributed by atoms with Gasteiger partial charge in [-0.2, -0.15) is 0 Å². The molecule has 0 aromatic rings. The van der Waals surface area contributed by atoms with Crippen molar-refractivity contribution in [3.8, 4) is 0 Å². The molecule has 0 bridgehead atoms. The van der Waals surface area contributed by atoms with Crippen LogP contribution in [0.5, 0.6) is 0 Å². The van der Waals surface area contributed by atoms with E-state index in [9.17, 15) is 5.11 Å². The first-order valence-corrected chi connectivity index (χ1v) is 7.80. The summed E-state index contributed by atoms with van der Waals surface area (Å²) in [6.07, 6.45) is 10.2. The van der Waals surface area contributed by atoms with Gasteiger partial charge >= 0.3 is 0 Å². The molecule has 0 aliphatic heterocycles. The molecule has 1 N–H and O–H groups in total. The Kier molecular flexibility index (Phi) is 4.18. The van der Waals surface area contributed by atoms with Gasteiger partial charge < -0.3 is 5.11 Å². The highest BCUT2D eigenvalue weighted by Gasteiger charge is 2.46. The van der Waals surface area contributed by atoms with Crippen molar-refractivity contribution in [2.45, 2.75) is 77.7 Å². The van der Waals surface area contributed by atoms with Crippen LogP contribution in [0.3, 0.4) is 0 Å². The van der Waals surface area contributed by atoms with Crippen molar-refractivity contribution in [2.75, 3.05) is 0 Å². The van der Waals surface area contributed by atoms with Gasteiger partial charge in [0.25, 0.3) is 0 Å². The van der Waals surface area contributed by atoms with Crippen LogP contribution < -0.4 is 0 Å². The Labute approximate surface area is 107 Å². The van der Waals surface area contributed by atoms with Gasteiger partial charge in [-0.25, -0.2) is 0 Å². The van der Waals surface area contributed by atoms with Gasteiger partial charge in [-0.05, 0) is 42.9 Å². The van der Waals surface area contributed by atoms with Crippen molar-refractivity contribution in [1.29, 1.82) is 0 Å². The Morgan fingerprint density at radius 2 is 1.71 bits per heavy atom. The Bertz CT molecular complexity index is 242. The normalized spacial score (nSPS) is 48.0. The average Bonchev–Trinajstić information content (AvgIpc) is 2.36. The zero-order valence-electron chi connectivity index (χ0n) is 11.9. The maximum atomic E-state index is 11.1. The fraction of sp³-hybridized carbons (Fsp3) is 1.00. The Morgan fingerprint density at radius 3 is 2.29 bits per heavy atom. The third-order valence-corrected chi connectivity index (χ3v) is 6.01. The van der Waals surface area contributed by atoms with E-state index in [0.717, 1.165) is 12.3 Å². The summed E-state index contributed by atoms with van der Waals surface area (Å²) < 4.78 is 0. The molecule has 0 heterocycles. The monoisotopic (exact) mass is 238 g/mol. The molecule has 0 aromatic carbocycles. The Hall–Kier alpha value is -0.0400. The maximum Gasteiger partial charge on any atom is 0.0703 e. The summed E-state index contributed by atoms with van der Waals surface area (Å²) in [6.45, 7) is 6.92. The maximum absolute atomic E-state index is 11.1. The second-order valence-electron chi connectivity index (χ2n) is 6.78. The number of hydrogen-bond acceptors (Lipinski definition) is 1. The van der Waals surface area contributed by atoms with Crippen LogP contribution in [0.15, 0.2) is 0 Å². The van der Waals surface area contributed by atoms with Crippen molar-refractivity contribution in [2.24, 2.45) is 23.7 Å². The molecule has 100 valence electrons. The van der Waals surface area contributed by atoms with Crippen LogP contribution in [-0.4, -0.2) is 10.7 Å². The Balaban J connectivity index is 2.00. The molecule has 2 aliphatic carbocycles. The standard InChI is InChI=1S/C16H30O/c1-4-14-7-9-15(10-8-14)16(17)11-5-6-12(2)13(16)3/h12-15,17H,4-11H2,1-3H3. The summed E-state index contributed by atoms with van der Waals surface area (Å²) >= 11 is 0. The first-order chi connectivity index (χ1) is 8.08. The summed E-state index contributed by atoms with van der Waals surface area (Å²) in [7, 11) is 0. The molecular formula is C16H30O. The SMILES string of the molecule is CCC1CCC(C2(O)CCCC(C)C2C)CC1. The van der Waals surface area contributed by atoms with Gasteiger partial charge in [-0.15, -0.1) is 0 Å². The third-order valence-electron chi connectivity index (χ3n) is 6.01. The van der Waals surface area contributed by atoms with E-state index in [0.29, 0.717) is 17.8 Å². The highest BCUT2D eigenvalue weighted by atomic mass is 16.3. The zero-order chi connectivity index (χ0) is 12.5. The summed E-state index contributed by atoms with van der Waals surface area (Å²) in [5, 5.41) is 11.1. The smallest absolute Gasteiger partial charge is 0.0703 e. The zero-order valence-corrected chi connectivity index (χ0v) is 11.9. The van der Waals surface area contributed by atoms with Crippen molar-refractivity contribution >= 4 is 0 Å². The van der Waals surface area contributed by atoms with Gasteiger partial charge in [-0.1, -0.05) is 52.9 Å². The van der Waals surface area contributed by atoms with Crippen LogP contribution in [-0.2, 0) is 0 Å². The molecular weight excluding hydrogens is 208 g/mol. The van der Waals surface area contributed by atoms with Gasteiger partial charge in [0, 0.05) is 0 Å². The minimum atomic E-state index is -0.337. The van der Waals surface area contributed by atoms with E-state index in [1.165, 1.54) is 44.9 Å².